The molecule has 8 heteroatoms. The molecular formula is C23H25FN6O. The first-order chi connectivity index (χ1) is 15.0. The van der Waals surface area contributed by atoms with Crippen LogP contribution < -0.4 is 0 Å². The first kappa shape index (κ1) is 20.7. The summed E-state index contributed by atoms with van der Waals surface area (Å²) in [6.45, 7) is 2.50. The molecule has 0 fully saturated rings. The Balaban J connectivity index is 1.25. The number of carbonyl (C=O) groups is 1. The van der Waals surface area contributed by atoms with Crippen molar-refractivity contribution in [2.75, 3.05) is 13.6 Å². The Morgan fingerprint density at radius 3 is 2.90 bits per heavy atom. The van der Waals surface area contributed by atoms with Gasteiger partial charge in [-0.25, -0.2) is 13.9 Å². The fourth-order valence-electron chi connectivity index (χ4n) is 3.67. The number of fused-ring (bicyclic) bond motifs is 1. The third kappa shape index (κ3) is 4.63. The average molecular weight is 420 g/mol. The Morgan fingerprint density at radius 2 is 2.06 bits per heavy atom. The molecule has 3 aromatic heterocycles. The lowest BCUT2D eigenvalue weighted by Gasteiger charge is -2.16. The maximum Gasteiger partial charge on any atom is 0.259 e. The van der Waals surface area contributed by atoms with Crippen LogP contribution in [0.15, 0.2) is 48.8 Å². The smallest absolute Gasteiger partial charge is 0.259 e. The largest absolute Gasteiger partial charge is 0.342 e. The lowest BCUT2D eigenvalue weighted by molar-refractivity contribution is 0.0793. The summed E-state index contributed by atoms with van der Waals surface area (Å²) < 4.78 is 15.0. The van der Waals surface area contributed by atoms with Gasteiger partial charge in [0.25, 0.3) is 5.91 Å². The Hall–Kier alpha value is -3.55. The minimum Gasteiger partial charge on any atom is -0.342 e. The molecule has 4 rings (SSSR count). The van der Waals surface area contributed by atoms with Crippen molar-refractivity contribution in [3.05, 3.63) is 71.6 Å². The van der Waals surface area contributed by atoms with Gasteiger partial charge in [0, 0.05) is 37.2 Å². The number of aromatic nitrogens is 5. The molecule has 1 aromatic carbocycles. The molecular weight excluding hydrogens is 395 g/mol. The molecule has 31 heavy (non-hydrogen) atoms. The van der Waals surface area contributed by atoms with Crippen molar-refractivity contribution in [3.63, 3.8) is 0 Å². The molecule has 0 radical (unpaired) electrons. The Morgan fingerprint density at radius 1 is 1.19 bits per heavy atom. The van der Waals surface area contributed by atoms with Crippen LogP contribution in [0.3, 0.4) is 0 Å². The normalized spacial score (nSPS) is 11.2. The molecule has 0 unspecified atom stereocenters. The van der Waals surface area contributed by atoms with E-state index in [4.69, 9.17) is 0 Å². The van der Waals surface area contributed by atoms with Gasteiger partial charge in [0.05, 0.1) is 11.4 Å². The molecule has 1 amide bonds. The SMILES string of the molecule is Cc1nn2cccnc2c1C(=O)N(C)CCCCCc1cc(-c2cccc(F)c2)n[nH]1. The number of aromatic amines is 1. The van der Waals surface area contributed by atoms with Crippen LogP contribution in [0.25, 0.3) is 16.9 Å². The second-order valence-electron chi connectivity index (χ2n) is 7.67. The maximum absolute atomic E-state index is 13.4. The zero-order valence-corrected chi connectivity index (χ0v) is 17.7. The summed E-state index contributed by atoms with van der Waals surface area (Å²) in [6, 6.07) is 10.2. The quantitative estimate of drug-likeness (QED) is 0.436. The second kappa shape index (κ2) is 9.07. The molecule has 4 aromatic rings. The summed E-state index contributed by atoms with van der Waals surface area (Å²) >= 11 is 0. The molecule has 1 N–H and O–H groups in total. The zero-order valence-electron chi connectivity index (χ0n) is 17.7. The number of nitrogens with one attached hydrogen (secondary N) is 1. The van der Waals surface area contributed by atoms with E-state index >= 15 is 0 Å². The van der Waals surface area contributed by atoms with Crippen LogP contribution in [-0.2, 0) is 6.42 Å². The van der Waals surface area contributed by atoms with Gasteiger partial charge >= 0.3 is 0 Å². The van der Waals surface area contributed by atoms with E-state index in [2.05, 4.69) is 20.3 Å². The molecule has 0 aliphatic heterocycles. The standard InChI is InChI=1S/C23H25FN6O/c1-16-21(22-25-11-7-13-30(22)28-16)23(31)29(2)12-5-3-4-10-19-15-20(27-26-19)17-8-6-9-18(24)14-17/h6-9,11,13-15H,3-5,10,12H2,1-2H3,(H,26,27). The monoisotopic (exact) mass is 420 g/mol. The number of hydrogen-bond donors (Lipinski definition) is 1. The number of rotatable bonds is 8. The van der Waals surface area contributed by atoms with Gasteiger partial charge in [-0.1, -0.05) is 18.6 Å². The van der Waals surface area contributed by atoms with Gasteiger partial charge in [0.2, 0.25) is 0 Å². The van der Waals surface area contributed by atoms with Crippen LogP contribution in [-0.4, -0.2) is 49.2 Å². The Kier molecular flexibility index (Phi) is 6.06. The second-order valence-corrected chi connectivity index (χ2v) is 7.67. The van der Waals surface area contributed by atoms with E-state index in [-0.39, 0.29) is 11.7 Å². The highest BCUT2D eigenvalue weighted by atomic mass is 19.1. The first-order valence-corrected chi connectivity index (χ1v) is 10.4. The summed E-state index contributed by atoms with van der Waals surface area (Å²) in [5.41, 5.74) is 4.37. The maximum atomic E-state index is 13.4. The summed E-state index contributed by atoms with van der Waals surface area (Å²) in [7, 11) is 1.81. The van der Waals surface area contributed by atoms with Crippen molar-refractivity contribution in [2.45, 2.75) is 32.6 Å². The molecule has 0 atom stereocenters. The van der Waals surface area contributed by atoms with Crippen molar-refractivity contribution in [3.8, 4) is 11.3 Å². The molecule has 0 saturated heterocycles. The highest BCUT2D eigenvalue weighted by molar-refractivity contribution is 6.00. The summed E-state index contributed by atoms with van der Waals surface area (Å²) in [5, 5.41) is 11.7. The zero-order chi connectivity index (χ0) is 21.8. The number of halogens is 1. The molecule has 0 spiro atoms. The van der Waals surface area contributed by atoms with Gasteiger partial charge in [-0.15, -0.1) is 0 Å². The van der Waals surface area contributed by atoms with Gasteiger partial charge in [-0.2, -0.15) is 10.2 Å². The van der Waals surface area contributed by atoms with Gasteiger partial charge in [-0.05, 0) is 50.5 Å². The van der Waals surface area contributed by atoms with Crippen LogP contribution in [0.4, 0.5) is 4.39 Å². The van der Waals surface area contributed by atoms with E-state index in [0.29, 0.717) is 23.4 Å². The molecule has 160 valence electrons. The van der Waals surface area contributed by atoms with Crippen molar-refractivity contribution >= 4 is 11.6 Å². The Bertz CT molecular complexity index is 1200. The highest BCUT2D eigenvalue weighted by Gasteiger charge is 2.21. The van der Waals surface area contributed by atoms with Crippen LogP contribution in [0, 0.1) is 12.7 Å². The Labute approximate surface area is 179 Å². The molecule has 0 aliphatic carbocycles. The van der Waals surface area contributed by atoms with E-state index < -0.39 is 0 Å². The van der Waals surface area contributed by atoms with E-state index in [9.17, 15) is 9.18 Å². The summed E-state index contributed by atoms with van der Waals surface area (Å²) in [6.07, 6.45) is 7.18. The molecule has 0 aliphatic rings. The van der Waals surface area contributed by atoms with Gasteiger partial charge in [-0.3, -0.25) is 9.89 Å². The third-order valence-electron chi connectivity index (χ3n) is 5.32. The van der Waals surface area contributed by atoms with Crippen molar-refractivity contribution in [1.29, 1.82) is 0 Å². The first-order valence-electron chi connectivity index (χ1n) is 10.4. The lowest BCUT2D eigenvalue weighted by atomic mass is 10.1. The van der Waals surface area contributed by atoms with E-state index in [1.54, 1.807) is 33.9 Å². The van der Waals surface area contributed by atoms with E-state index in [1.807, 2.05) is 26.1 Å². The van der Waals surface area contributed by atoms with Crippen molar-refractivity contribution in [1.82, 2.24) is 29.7 Å². The van der Waals surface area contributed by atoms with Crippen molar-refractivity contribution in [2.24, 2.45) is 0 Å². The van der Waals surface area contributed by atoms with Crippen LogP contribution in [0.1, 0.15) is 41.0 Å². The molecule has 7 nitrogen and oxygen atoms in total. The number of aryl methyl sites for hydroxylation is 2. The lowest BCUT2D eigenvalue weighted by Crippen LogP contribution is -2.28. The number of carbonyl (C=O) groups excluding carboxylic acids is 1. The predicted octanol–water partition coefficient (Wildman–Crippen LogP) is 4.05. The van der Waals surface area contributed by atoms with E-state index in [0.717, 1.165) is 42.6 Å². The van der Waals surface area contributed by atoms with Gasteiger partial charge in [0.1, 0.15) is 11.4 Å². The molecule has 3 heterocycles. The third-order valence-corrected chi connectivity index (χ3v) is 5.32. The van der Waals surface area contributed by atoms with Crippen LogP contribution in [0.5, 0.6) is 0 Å². The fourth-order valence-corrected chi connectivity index (χ4v) is 3.67. The predicted molar refractivity (Wildman–Crippen MR) is 116 cm³/mol. The topological polar surface area (TPSA) is 79.2 Å². The van der Waals surface area contributed by atoms with Crippen LogP contribution in [0.2, 0.25) is 0 Å². The number of unbranched alkanes of at least 4 members (excludes halogenated alkanes) is 2. The fraction of sp³-hybridized carbons (Fsp3) is 0.304. The number of amides is 1. The summed E-state index contributed by atoms with van der Waals surface area (Å²) in [5.74, 6) is -0.324. The van der Waals surface area contributed by atoms with E-state index in [1.165, 1.54) is 12.1 Å². The molecule has 0 saturated carbocycles. The van der Waals surface area contributed by atoms with Crippen LogP contribution >= 0.6 is 0 Å². The summed E-state index contributed by atoms with van der Waals surface area (Å²) in [4.78, 5) is 18.9. The van der Waals surface area contributed by atoms with Gasteiger partial charge < -0.3 is 4.90 Å². The number of hydrogen-bond acceptors (Lipinski definition) is 4. The minimum atomic E-state index is -0.268. The number of nitrogens with zero attached hydrogens (tertiary/aromatic N) is 5. The average Bonchev–Trinajstić information content (AvgIpc) is 3.36. The van der Waals surface area contributed by atoms with Crippen molar-refractivity contribution < 1.29 is 9.18 Å². The number of H-pyrrole nitrogens is 1. The molecule has 0 bridgehead atoms. The minimum absolute atomic E-state index is 0.0560. The number of benzene rings is 1. The van der Waals surface area contributed by atoms with Gasteiger partial charge in [0.15, 0.2) is 5.65 Å². The highest BCUT2D eigenvalue weighted by Crippen LogP contribution is 2.20.